The zero-order chi connectivity index (χ0) is 13.1. The molecule has 1 heterocycles. The predicted octanol–water partition coefficient (Wildman–Crippen LogP) is 1.57. The summed E-state index contributed by atoms with van der Waals surface area (Å²) >= 11 is 1.47. The number of nitrogens with zero attached hydrogens (tertiary/aromatic N) is 1. The number of nitrogens with one attached hydrogen (secondary N) is 1. The minimum Gasteiger partial charge on any atom is -0.481 e. The van der Waals surface area contributed by atoms with Gasteiger partial charge in [-0.3, -0.25) is 9.59 Å². The van der Waals surface area contributed by atoms with Crippen molar-refractivity contribution in [3.63, 3.8) is 0 Å². The molecule has 0 saturated carbocycles. The molecule has 0 spiro atoms. The fourth-order valence-electron chi connectivity index (χ4n) is 1.20. The minimum absolute atomic E-state index is 0.0350. The van der Waals surface area contributed by atoms with Gasteiger partial charge in [-0.05, 0) is 20.8 Å². The van der Waals surface area contributed by atoms with Gasteiger partial charge in [-0.1, -0.05) is 0 Å². The van der Waals surface area contributed by atoms with Crippen LogP contribution in [0, 0.1) is 12.3 Å². The summed E-state index contributed by atoms with van der Waals surface area (Å²) in [6.45, 7) is 5.30. The average molecular weight is 256 g/mol. The molecule has 1 rings (SSSR count). The molecule has 0 aliphatic rings. The average Bonchev–Trinajstić information content (AvgIpc) is 2.60. The number of thiazole rings is 1. The Hall–Kier alpha value is -1.43. The lowest BCUT2D eigenvalue weighted by Crippen LogP contribution is -2.33. The molecule has 0 radical (unpaired) electrons. The second-order valence-corrected chi connectivity index (χ2v) is 5.47. The summed E-state index contributed by atoms with van der Waals surface area (Å²) in [6.07, 6.45) is -0.0350. The first-order valence-electron chi connectivity index (χ1n) is 5.22. The van der Waals surface area contributed by atoms with E-state index in [9.17, 15) is 9.59 Å². The fraction of sp³-hybridized carbons (Fsp3) is 0.545. The van der Waals surface area contributed by atoms with Crippen LogP contribution >= 0.6 is 11.3 Å². The highest BCUT2D eigenvalue weighted by atomic mass is 32.1. The van der Waals surface area contributed by atoms with Gasteiger partial charge in [-0.25, -0.2) is 4.98 Å². The molecule has 0 aliphatic carbocycles. The normalized spacial score (nSPS) is 11.2. The first-order valence-corrected chi connectivity index (χ1v) is 6.10. The van der Waals surface area contributed by atoms with Crippen LogP contribution in [0.4, 0.5) is 0 Å². The monoisotopic (exact) mass is 256 g/mol. The van der Waals surface area contributed by atoms with Gasteiger partial charge in [0.25, 0.3) is 0 Å². The molecule has 0 saturated heterocycles. The third-order valence-electron chi connectivity index (χ3n) is 2.28. The van der Waals surface area contributed by atoms with E-state index in [1.54, 1.807) is 0 Å². The first kappa shape index (κ1) is 13.6. The number of aryl methyl sites for hydroxylation is 1. The number of carbonyl (C=O) groups is 2. The Morgan fingerprint density at radius 2 is 2.18 bits per heavy atom. The molecule has 0 aliphatic heterocycles. The van der Waals surface area contributed by atoms with Crippen LogP contribution in [-0.2, 0) is 16.1 Å². The fourth-order valence-corrected chi connectivity index (χ4v) is 1.91. The Labute approximate surface area is 104 Å². The summed E-state index contributed by atoms with van der Waals surface area (Å²) in [5.41, 5.74) is -0.117. The van der Waals surface area contributed by atoms with Gasteiger partial charge in [-0.2, -0.15) is 0 Å². The minimum atomic E-state index is -1.04. The molecule has 1 amide bonds. The maximum absolute atomic E-state index is 11.5. The number of hydrogen-bond donors (Lipinski definition) is 2. The molecule has 0 fully saturated rings. The summed E-state index contributed by atoms with van der Waals surface area (Å²) < 4.78 is 0. The van der Waals surface area contributed by atoms with E-state index in [2.05, 4.69) is 10.3 Å². The van der Waals surface area contributed by atoms with Crippen LogP contribution in [0.2, 0.25) is 0 Å². The third-order valence-corrected chi connectivity index (χ3v) is 3.25. The van der Waals surface area contributed by atoms with E-state index in [1.165, 1.54) is 25.2 Å². The molecular formula is C11H16N2O3S. The standard InChI is InChI=1S/C11H16N2O3S/c1-7-6-17-9(13-7)5-12-8(14)4-11(2,3)10(15)16/h6H,4-5H2,1-3H3,(H,12,14)(H,15,16). The summed E-state index contributed by atoms with van der Waals surface area (Å²) in [6, 6.07) is 0. The Morgan fingerprint density at radius 1 is 1.53 bits per heavy atom. The Bertz CT molecular complexity index is 426. The number of aromatic nitrogens is 1. The highest BCUT2D eigenvalue weighted by Crippen LogP contribution is 2.20. The zero-order valence-electron chi connectivity index (χ0n) is 10.1. The summed E-state index contributed by atoms with van der Waals surface area (Å²) in [5, 5.41) is 14.3. The SMILES string of the molecule is Cc1csc(CNC(=O)CC(C)(C)C(=O)O)n1. The van der Waals surface area contributed by atoms with Crippen LogP contribution < -0.4 is 5.32 Å². The molecular weight excluding hydrogens is 240 g/mol. The molecule has 17 heavy (non-hydrogen) atoms. The molecule has 1 aromatic heterocycles. The summed E-state index contributed by atoms with van der Waals surface area (Å²) in [5.74, 6) is -1.25. The van der Waals surface area contributed by atoms with Gasteiger partial charge in [0.05, 0.1) is 12.0 Å². The number of amides is 1. The largest absolute Gasteiger partial charge is 0.481 e. The van der Waals surface area contributed by atoms with Crippen molar-refractivity contribution in [3.8, 4) is 0 Å². The Morgan fingerprint density at radius 3 is 2.65 bits per heavy atom. The van der Waals surface area contributed by atoms with Gasteiger partial charge < -0.3 is 10.4 Å². The van der Waals surface area contributed by atoms with Gasteiger partial charge in [0, 0.05) is 17.5 Å². The zero-order valence-corrected chi connectivity index (χ0v) is 10.9. The van der Waals surface area contributed by atoms with Crippen LogP contribution in [0.25, 0.3) is 0 Å². The van der Waals surface area contributed by atoms with Gasteiger partial charge in [0.15, 0.2) is 0 Å². The highest BCUT2D eigenvalue weighted by Gasteiger charge is 2.29. The lowest BCUT2D eigenvalue weighted by atomic mass is 9.89. The van der Waals surface area contributed by atoms with Gasteiger partial charge in [0.1, 0.15) is 5.01 Å². The molecule has 1 aromatic rings. The Balaban J connectivity index is 2.43. The lowest BCUT2D eigenvalue weighted by molar-refractivity contribution is -0.149. The second kappa shape index (κ2) is 5.27. The molecule has 5 nitrogen and oxygen atoms in total. The maximum Gasteiger partial charge on any atom is 0.309 e. The number of rotatable bonds is 5. The van der Waals surface area contributed by atoms with Crippen LogP contribution in [0.1, 0.15) is 31.0 Å². The Kier molecular flexibility index (Phi) is 4.22. The molecule has 0 atom stereocenters. The number of carboxylic acids is 1. The van der Waals surface area contributed by atoms with Crippen LogP contribution in [0.15, 0.2) is 5.38 Å². The molecule has 0 aromatic carbocycles. The van der Waals surface area contributed by atoms with E-state index >= 15 is 0 Å². The van der Waals surface area contributed by atoms with Crippen molar-refractivity contribution in [1.29, 1.82) is 0 Å². The van der Waals surface area contributed by atoms with E-state index in [1.807, 2.05) is 12.3 Å². The first-order chi connectivity index (χ1) is 7.81. The summed E-state index contributed by atoms with van der Waals surface area (Å²) in [7, 11) is 0. The molecule has 0 unspecified atom stereocenters. The molecule has 6 heteroatoms. The van der Waals surface area contributed by atoms with Gasteiger partial charge in [-0.15, -0.1) is 11.3 Å². The van der Waals surface area contributed by atoms with Gasteiger partial charge >= 0.3 is 5.97 Å². The lowest BCUT2D eigenvalue weighted by Gasteiger charge is -2.17. The summed E-state index contributed by atoms with van der Waals surface area (Å²) in [4.78, 5) is 26.6. The second-order valence-electron chi connectivity index (χ2n) is 4.53. The van der Waals surface area contributed by atoms with E-state index in [-0.39, 0.29) is 12.3 Å². The molecule has 94 valence electrons. The van der Waals surface area contributed by atoms with E-state index in [0.717, 1.165) is 10.7 Å². The molecule has 0 bridgehead atoms. The van der Waals surface area contributed by atoms with Crippen LogP contribution in [-0.4, -0.2) is 22.0 Å². The van der Waals surface area contributed by atoms with Crippen LogP contribution in [0.3, 0.4) is 0 Å². The van der Waals surface area contributed by atoms with Crippen molar-refractivity contribution in [2.24, 2.45) is 5.41 Å². The van der Waals surface area contributed by atoms with Crippen LogP contribution in [0.5, 0.6) is 0 Å². The van der Waals surface area contributed by atoms with Crippen molar-refractivity contribution in [1.82, 2.24) is 10.3 Å². The maximum atomic E-state index is 11.5. The van der Waals surface area contributed by atoms with E-state index in [0.29, 0.717) is 6.54 Å². The quantitative estimate of drug-likeness (QED) is 0.838. The van der Waals surface area contributed by atoms with E-state index < -0.39 is 11.4 Å². The molecule has 2 N–H and O–H groups in total. The third kappa shape index (κ3) is 4.14. The van der Waals surface area contributed by atoms with Crippen molar-refractivity contribution < 1.29 is 14.7 Å². The topological polar surface area (TPSA) is 79.3 Å². The van der Waals surface area contributed by atoms with Crippen molar-refractivity contribution >= 4 is 23.2 Å². The number of aliphatic carboxylic acids is 1. The number of hydrogen-bond acceptors (Lipinski definition) is 4. The highest BCUT2D eigenvalue weighted by molar-refractivity contribution is 7.09. The van der Waals surface area contributed by atoms with Crippen molar-refractivity contribution in [2.45, 2.75) is 33.7 Å². The van der Waals surface area contributed by atoms with Crippen molar-refractivity contribution in [3.05, 3.63) is 16.1 Å². The van der Waals surface area contributed by atoms with Crippen molar-refractivity contribution in [2.75, 3.05) is 0 Å². The van der Waals surface area contributed by atoms with Gasteiger partial charge in [0.2, 0.25) is 5.91 Å². The van der Waals surface area contributed by atoms with E-state index in [4.69, 9.17) is 5.11 Å². The number of carboxylic acid groups (broad SMARTS) is 1. The number of carbonyl (C=O) groups excluding carboxylic acids is 1. The smallest absolute Gasteiger partial charge is 0.309 e. The predicted molar refractivity (Wildman–Crippen MR) is 64.7 cm³/mol.